The Labute approximate surface area is 174 Å². The summed E-state index contributed by atoms with van der Waals surface area (Å²) in [7, 11) is 1.70. The lowest BCUT2D eigenvalue weighted by atomic mass is 9.95. The van der Waals surface area contributed by atoms with Crippen LogP contribution >= 0.6 is 0 Å². The van der Waals surface area contributed by atoms with Gasteiger partial charge in [0.1, 0.15) is 11.4 Å². The number of rotatable bonds is 2. The highest BCUT2D eigenvalue weighted by Gasteiger charge is 2.54. The van der Waals surface area contributed by atoms with E-state index < -0.39 is 5.54 Å². The number of H-pyrrole nitrogens is 1. The number of imide groups is 1. The van der Waals surface area contributed by atoms with Gasteiger partial charge >= 0.3 is 6.03 Å². The molecule has 7 heteroatoms. The minimum Gasteiger partial charge on any atom is -0.341 e. The molecule has 0 bridgehead atoms. The average Bonchev–Trinajstić information content (AvgIpc) is 3.36. The molecule has 3 amide bonds. The molecule has 1 aliphatic carbocycles. The van der Waals surface area contributed by atoms with E-state index in [9.17, 15) is 9.59 Å². The van der Waals surface area contributed by atoms with Crippen LogP contribution in [0.5, 0.6) is 0 Å². The van der Waals surface area contributed by atoms with Gasteiger partial charge in [-0.2, -0.15) is 0 Å². The van der Waals surface area contributed by atoms with Gasteiger partial charge < -0.3 is 9.88 Å². The summed E-state index contributed by atoms with van der Waals surface area (Å²) >= 11 is 0. The molecule has 30 heavy (non-hydrogen) atoms. The Balaban J connectivity index is 1.25. The van der Waals surface area contributed by atoms with Crippen molar-refractivity contribution in [3.8, 4) is 0 Å². The van der Waals surface area contributed by atoms with Crippen molar-refractivity contribution in [1.82, 2.24) is 25.1 Å². The highest BCUT2D eigenvalue weighted by atomic mass is 16.2. The van der Waals surface area contributed by atoms with Crippen LogP contribution in [0.4, 0.5) is 4.79 Å². The van der Waals surface area contributed by atoms with Crippen molar-refractivity contribution < 1.29 is 9.59 Å². The van der Waals surface area contributed by atoms with E-state index in [0.717, 1.165) is 54.0 Å². The fourth-order valence-electron chi connectivity index (χ4n) is 5.24. The fraction of sp³-hybridized carbons (Fsp3) is 0.348. The summed E-state index contributed by atoms with van der Waals surface area (Å²) in [6.45, 7) is 2.77. The monoisotopic (exact) mass is 401 g/mol. The lowest BCUT2D eigenvalue weighted by molar-refractivity contribution is -0.125. The van der Waals surface area contributed by atoms with Crippen molar-refractivity contribution in [3.05, 3.63) is 64.5 Å². The average molecular weight is 401 g/mol. The van der Waals surface area contributed by atoms with Gasteiger partial charge in [0.05, 0.1) is 17.6 Å². The van der Waals surface area contributed by atoms with E-state index in [4.69, 9.17) is 4.98 Å². The van der Waals surface area contributed by atoms with Crippen LogP contribution in [0.3, 0.4) is 0 Å². The zero-order valence-corrected chi connectivity index (χ0v) is 16.9. The van der Waals surface area contributed by atoms with E-state index in [0.29, 0.717) is 12.8 Å². The molecule has 2 aromatic carbocycles. The molecule has 3 aliphatic rings. The standard InChI is InChI=1S/C23H23N5O2/c1-27-22(30)26-21(29)23(27)10-16-8-18-19(9-17(16)11-23)25-20(24-18)13-28-7-6-14-4-2-3-5-15(14)12-28/h2-5,8-9H,6-7,10-13H2,1H3,(H,24,25)(H,26,29,30). The second kappa shape index (κ2) is 6.15. The molecule has 1 saturated heterocycles. The Hall–Kier alpha value is -3.19. The molecular formula is C23H23N5O2. The van der Waals surface area contributed by atoms with E-state index in [1.807, 2.05) is 0 Å². The number of amides is 3. The molecule has 1 fully saturated rings. The first-order valence-electron chi connectivity index (χ1n) is 10.4. The van der Waals surface area contributed by atoms with Gasteiger partial charge in [0.25, 0.3) is 5.91 Å². The van der Waals surface area contributed by atoms with Crippen LogP contribution in [0.25, 0.3) is 11.0 Å². The van der Waals surface area contributed by atoms with Crippen molar-refractivity contribution >= 4 is 23.0 Å². The summed E-state index contributed by atoms with van der Waals surface area (Å²) in [4.78, 5) is 36.7. The molecule has 2 N–H and O–H groups in total. The van der Waals surface area contributed by atoms with Crippen molar-refractivity contribution in [2.75, 3.05) is 13.6 Å². The molecule has 3 heterocycles. The highest BCUT2D eigenvalue weighted by molar-refractivity contribution is 6.07. The minimum absolute atomic E-state index is 0.200. The lowest BCUT2D eigenvalue weighted by Gasteiger charge is -2.27. The second-order valence-corrected chi connectivity index (χ2v) is 8.75. The first-order chi connectivity index (χ1) is 14.5. The summed E-state index contributed by atoms with van der Waals surface area (Å²) in [6, 6.07) is 12.5. The van der Waals surface area contributed by atoms with Crippen LogP contribution < -0.4 is 5.32 Å². The Morgan fingerprint density at radius 2 is 1.83 bits per heavy atom. The highest BCUT2D eigenvalue weighted by Crippen LogP contribution is 2.38. The number of hydrogen-bond donors (Lipinski definition) is 2. The quantitative estimate of drug-likeness (QED) is 0.645. The number of hydrogen-bond acceptors (Lipinski definition) is 4. The lowest BCUT2D eigenvalue weighted by Crippen LogP contribution is -2.48. The maximum atomic E-state index is 12.5. The van der Waals surface area contributed by atoms with Crippen LogP contribution in [0.1, 0.15) is 28.1 Å². The number of likely N-dealkylation sites (N-methyl/N-ethyl adjacent to an activating group) is 1. The van der Waals surface area contributed by atoms with E-state index in [1.54, 1.807) is 11.9 Å². The van der Waals surface area contributed by atoms with E-state index in [-0.39, 0.29) is 11.9 Å². The topological polar surface area (TPSA) is 81.3 Å². The molecule has 1 aromatic heterocycles. The molecular weight excluding hydrogens is 378 g/mol. The van der Waals surface area contributed by atoms with E-state index in [1.165, 1.54) is 11.1 Å². The van der Waals surface area contributed by atoms with Crippen molar-refractivity contribution in [2.24, 2.45) is 0 Å². The summed E-state index contributed by atoms with van der Waals surface area (Å²) in [5.41, 5.74) is 6.18. The van der Waals surface area contributed by atoms with Gasteiger partial charge in [0, 0.05) is 33.0 Å². The number of carbonyl (C=O) groups excluding carboxylic acids is 2. The third-order valence-corrected chi connectivity index (χ3v) is 6.99. The molecule has 6 rings (SSSR count). The number of imidazole rings is 1. The van der Waals surface area contributed by atoms with Crippen LogP contribution in [0.2, 0.25) is 0 Å². The molecule has 2 aliphatic heterocycles. The number of fused-ring (bicyclic) bond motifs is 3. The maximum Gasteiger partial charge on any atom is 0.324 e. The first kappa shape index (κ1) is 17.7. The minimum atomic E-state index is -0.789. The van der Waals surface area contributed by atoms with Gasteiger partial charge in [-0.05, 0) is 40.8 Å². The SMILES string of the molecule is CN1C(=O)NC(=O)C12Cc1cc3nc(CN4CCc5ccccc5C4)[nH]c3cc1C2. The van der Waals surface area contributed by atoms with Crippen molar-refractivity contribution in [2.45, 2.75) is 37.9 Å². The molecule has 3 aromatic rings. The van der Waals surface area contributed by atoms with Gasteiger partial charge in [0.2, 0.25) is 0 Å². The van der Waals surface area contributed by atoms with Crippen molar-refractivity contribution in [1.29, 1.82) is 0 Å². The maximum absolute atomic E-state index is 12.5. The summed E-state index contributed by atoms with van der Waals surface area (Å²) in [6.07, 6.45) is 2.15. The Morgan fingerprint density at radius 3 is 2.60 bits per heavy atom. The van der Waals surface area contributed by atoms with E-state index >= 15 is 0 Å². The van der Waals surface area contributed by atoms with Crippen LogP contribution in [0, 0.1) is 0 Å². The predicted octanol–water partition coefficient (Wildman–Crippen LogP) is 2.14. The molecule has 152 valence electrons. The van der Waals surface area contributed by atoms with Crippen LogP contribution in [-0.2, 0) is 37.1 Å². The number of urea groups is 1. The molecule has 0 saturated carbocycles. The summed E-state index contributed by atoms with van der Waals surface area (Å²) in [5, 5.41) is 2.45. The third kappa shape index (κ3) is 2.51. The number of nitrogens with zero attached hydrogens (tertiary/aromatic N) is 3. The zero-order valence-electron chi connectivity index (χ0n) is 16.9. The van der Waals surface area contributed by atoms with Crippen LogP contribution in [0.15, 0.2) is 36.4 Å². The molecule has 1 atom stereocenters. The van der Waals surface area contributed by atoms with Crippen LogP contribution in [-0.4, -0.2) is 50.8 Å². The first-order valence-corrected chi connectivity index (χ1v) is 10.4. The van der Waals surface area contributed by atoms with Gasteiger partial charge in [0.15, 0.2) is 0 Å². The fourth-order valence-corrected chi connectivity index (χ4v) is 5.24. The Kier molecular flexibility index (Phi) is 3.62. The number of aromatic amines is 1. The van der Waals surface area contributed by atoms with Gasteiger partial charge in [-0.25, -0.2) is 9.78 Å². The predicted molar refractivity (Wildman–Crippen MR) is 112 cm³/mol. The van der Waals surface area contributed by atoms with Crippen molar-refractivity contribution in [3.63, 3.8) is 0 Å². The number of benzene rings is 2. The van der Waals surface area contributed by atoms with E-state index in [2.05, 4.69) is 51.6 Å². The molecule has 1 unspecified atom stereocenters. The summed E-state index contributed by atoms with van der Waals surface area (Å²) in [5.74, 6) is 0.766. The van der Waals surface area contributed by atoms with Gasteiger partial charge in [-0.3, -0.25) is 15.0 Å². The Bertz CT molecular complexity index is 1170. The Morgan fingerprint density at radius 1 is 1.07 bits per heavy atom. The molecule has 0 radical (unpaired) electrons. The normalized spacial score (nSPS) is 20.1. The largest absolute Gasteiger partial charge is 0.341 e. The summed E-state index contributed by atoms with van der Waals surface area (Å²) < 4.78 is 0. The smallest absolute Gasteiger partial charge is 0.324 e. The molecule has 7 nitrogen and oxygen atoms in total. The van der Waals surface area contributed by atoms with Gasteiger partial charge in [-0.15, -0.1) is 0 Å². The third-order valence-electron chi connectivity index (χ3n) is 6.99. The number of aromatic nitrogens is 2. The number of carbonyl (C=O) groups is 2. The van der Waals surface area contributed by atoms with Gasteiger partial charge in [-0.1, -0.05) is 24.3 Å². The number of nitrogens with one attached hydrogen (secondary N) is 2. The molecule has 1 spiro atoms. The second-order valence-electron chi connectivity index (χ2n) is 8.75. The zero-order chi connectivity index (χ0) is 20.5.